The van der Waals surface area contributed by atoms with Gasteiger partial charge in [0, 0.05) is 29.9 Å². The van der Waals surface area contributed by atoms with Crippen LogP contribution in [-0.2, 0) is 28.1 Å². The summed E-state index contributed by atoms with van der Waals surface area (Å²) in [5, 5.41) is 0.695. The molecule has 0 saturated heterocycles. The zero-order valence-electron chi connectivity index (χ0n) is 18.2. The third-order valence-corrected chi connectivity index (χ3v) is 6.48. The first-order valence-corrected chi connectivity index (χ1v) is 11.5. The van der Waals surface area contributed by atoms with E-state index >= 15 is 0 Å². The molecule has 8 heteroatoms. The zero-order valence-corrected chi connectivity index (χ0v) is 19.8. The van der Waals surface area contributed by atoms with Crippen LogP contribution in [0.25, 0.3) is 0 Å². The molecule has 0 saturated carbocycles. The Bertz CT molecular complexity index is 957. The molecule has 1 aromatic heterocycles. The molecule has 1 aromatic carbocycles. The Morgan fingerprint density at radius 1 is 1.16 bits per heavy atom. The van der Waals surface area contributed by atoms with Crippen molar-refractivity contribution >= 4 is 35.4 Å². The van der Waals surface area contributed by atoms with Crippen LogP contribution in [-0.4, -0.2) is 47.7 Å². The number of esters is 1. The van der Waals surface area contributed by atoms with Crippen LogP contribution in [0.15, 0.2) is 35.4 Å². The molecular formula is C23H27ClN2O4S. The third-order valence-electron chi connectivity index (χ3n) is 4.85. The lowest BCUT2D eigenvalue weighted by atomic mass is 10.0. The summed E-state index contributed by atoms with van der Waals surface area (Å²) in [5.41, 5.74) is 3.12. The minimum absolute atomic E-state index is 0.282. The molecule has 0 N–H and O–H groups in total. The van der Waals surface area contributed by atoms with Crippen LogP contribution in [0, 0.1) is 0 Å². The van der Waals surface area contributed by atoms with E-state index in [1.54, 1.807) is 22.7 Å². The molecule has 1 aliphatic heterocycles. The lowest BCUT2D eigenvalue weighted by Gasteiger charge is -2.26. The van der Waals surface area contributed by atoms with Gasteiger partial charge in [0.05, 0.1) is 23.4 Å². The molecule has 0 aliphatic carbocycles. The molecule has 2 aromatic rings. The number of fused-ring (bicyclic) bond motifs is 1. The molecule has 3 rings (SSSR count). The van der Waals surface area contributed by atoms with Crippen molar-refractivity contribution < 1.29 is 19.1 Å². The predicted molar refractivity (Wildman–Crippen MR) is 122 cm³/mol. The van der Waals surface area contributed by atoms with Gasteiger partial charge in [0.2, 0.25) is 0 Å². The second kappa shape index (κ2) is 9.92. The molecule has 2 heterocycles. The highest BCUT2D eigenvalue weighted by molar-refractivity contribution is 7.98. The summed E-state index contributed by atoms with van der Waals surface area (Å²) in [6.45, 7) is 6.82. The van der Waals surface area contributed by atoms with Crippen molar-refractivity contribution in [2.45, 2.75) is 49.9 Å². The monoisotopic (exact) mass is 462 g/mol. The van der Waals surface area contributed by atoms with E-state index in [0.29, 0.717) is 35.8 Å². The van der Waals surface area contributed by atoms with Crippen LogP contribution in [0.1, 0.15) is 48.0 Å². The molecule has 166 valence electrons. The molecule has 0 fully saturated rings. The highest BCUT2D eigenvalue weighted by atomic mass is 35.5. The third kappa shape index (κ3) is 6.14. The summed E-state index contributed by atoms with van der Waals surface area (Å²) < 4.78 is 10.2. The number of nitrogens with zero attached hydrogens (tertiary/aromatic N) is 2. The maximum atomic E-state index is 12.5. The van der Waals surface area contributed by atoms with Crippen molar-refractivity contribution in [1.82, 2.24) is 9.88 Å². The van der Waals surface area contributed by atoms with E-state index in [4.69, 9.17) is 21.1 Å². The molecule has 1 aliphatic rings. The van der Waals surface area contributed by atoms with E-state index in [0.717, 1.165) is 17.0 Å². The number of thioether (sulfide) groups is 1. The molecule has 0 radical (unpaired) electrons. The number of methoxy groups -OCH3 is 1. The standard InChI is InChI=1S/C23H27ClN2O4S/c1-23(2,3)30-22(28)26-11-9-15-6-8-19(24)20(18(15)10-12-26)31-14-17-7-5-16(13-25-17)21(27)29-4/h5-8,13H,9-12,14H2,1-4H3. The van der Waals surface area contributed by atoms with Gasteiger partial charge in [-0.15, -0.1) is 11.8 Å². The molecule has 0 spiro atoms. The van der Waals surface area contributed by atoms with Crippen LogP contribution >= 0.6 is 23.4 Å². The average molecular weight is 463 g/mol. The van der Waals surface area contributed by atoms with Crippen LogP contribution in [0.3, 0.4) is 0 Å². The summed E-state index contributed by atoms with van der Waals surface area (Å²) in [4.78, 5) is 31.2. The van der Waals surface area contributed by atoms with Crippen molar-refractivity contribution in [3.63, 3.8) is 0 Å². The number of aromatic nitrogens is 1. The van der Waals surface area contributed by atoms with Crippen LogP contribution in [0.5, 0.6) is 0 Å². The minimum Gasteiger partial charge on any atom is -0.465 e. The Morgan fingerprint density at radius 2 is 1.90 bits per heavy atom. The first-order valence-electron chi connectivity index (χ1n) is 10.1. The Hall–Kier alpha value is -2.25. The summed E-state index contributed by atoms with van der Waals surface area (Å²) in [5.74, 6) is 0.214. The Kier molecular flexibility index (Phi) is 7.49. The summed E-state index contributed by atoms with van der Waals surface area (Å²) >= 11 is 8.16. The number of rotatable bonds is 4. The highest BCUT2D eigenvalue weighted by Crippen LogP contribution is 2.36. The van der Waals surface area contributed by atoms with E-state index in [9.17, 15) is 9.59 Å². The van der Waals surface area contributed by atoms with Crippen molar-refractivity contribution in [2.75, 3.05) is 20.2 Å². The zero-order chi connectivity index (χ0) is 22.6. The fraction of sp³-hybridized carbons (Fsp3) is 0.435. The lowest BCUT2D eigenvalue weighted by molar-refractivity contribution is 0.0258. The smallest absolute Gasteiger partial charge is 0.410 e. The first-order chi connectivity index (χ1) is 14.7. The van der Waals surface area contributed by atoms with Crippen LogP contribution in [0.4, 0.5) is 4.79 Å². The van der Waals surface area contributed by atoms with Gasteiger partial charge in [-0.05, 0) is 62.9 Å². The van der Waals surface area contributed by atoms with Gasteiger partial charge < -0.3 is 14.4 Å². The van der Waals surface area contributed by atoms with Crippen molar-refractivity contribution in [3.05, 3.63) is 57.9 Å². The van der Waals surface area contributed by atoms with Gasteiger partial charge in [-0.1, -0.05) is 17.7 Å². The fourth-order valence-corrected chi connectivity index (χ4v) is 4.74. The number of pyridine rings is 1. The Balaban J connectivity index is 1.72. The van der Waals surface area contributed by atoms with Crippen molar-refractivity contribution in [3.8, 4) is 0 Å². The maximum absolute atomic E-state index is 12.5. The lowest BCUT2D eigenvalue weighted by Crippen LogP contribution is -2.38. The van der Waals surface area contributed by atoms with Gasteiger partial charge >= 0.3 is 12.1 Å². The maximum Gasteiger partial charge on any atom is 0.410 e. The van der Waals surface area contributed by atoms with Crippen LogP contribution in [0.2, 0.25) is 5.02 Å². The van der Waals surface area contributed by atoms with E-state index < -0.39 is 11.6 Å². The number of amides is 1. The molecule has 0 atom stereocenters. The number of halogens is 1. The van der Waals surface area contributed by atoms with Gasteiger partial charge in [-0.25, -0.2) is 9.59 Å². The second-order valence-electron chi connectivity index (χ2n) is 8.30. The van der Waals surface area contributed by atoms with E-state index in [2.05, 4.69) is 4.98 Å². The Labute approximate surface area is 192 Å². The molecule has 0 bridgehead atoms. The average Bonchev–Trinajstić information content (AvgIpc) is 2.94. The predicted octanol–water partition coefficient (Wildman–Crippen LogP) is 5.15. The van der Waals surface area contributed by atoms with Crippen LogP contribution < -0.4 is 0 Å². The van der Waals surface area contributed by atoms with Crippen molar-refractivity contribution in [1.29, 1.82) is 0 Å². The number of hydrogen-bond donors (Lipinski definition) is 0. The first kappa shape index (κ1) is 23.4. The highest BCUT2D eigenvalue weighted by Gasteiger charge is 2.25. The van der Waals surface area contributed by atoms with Gasteiger partial charge in [0.25, 0.3) is 0 Å². The van der Waals surface area contributed by atoms with Crippen molar-refractivity contribution in [2.24, 2.45) is 0 Å². The summed E-state index contributed by atoms with van der Waals surface area (Å²) in [6.07, 6.45) is 2.71. The number of hydrogen-bond acceptors (Lipinski definition) is 6. The quantitative estimate of drug-likeness (QED) is 0.462. The molecule has 0 unspecified atom stereocenters. The molecular weight excluding hydrogens is 436 g/mol. The van der Waals surface area contributed by atoms with E-state index in [-0.39, 0.29) is 6.09 Å². The molecule has 1 amide bonds. The number of carbonyl (C=O) groups excluding carboxylic acids is 2. The van der Waals surface area contributed by atoms with E-state index in [1.165, 1.54) is 24.4 Å². The molecule has 31 heavy (non-hydrogen) atoms. The second-order valence-corrected chi connectivity index (χ2v) is 9.69. The Morgan fingerprint density at radius 3 is 2.55 bits per heavy atom. The topological polar surface area (TPSA) is 68.7 Å². The number of carbonyl (C=O) groups is 2. The largest absolute Gasteiger partial charge is 0.465 e. The minimum atomic E-state index is -0.517. The SMILES string of the molecule is COC(=O)c1ccc(CSc2c(Cl)ccc3c2CCN(C(=O)OC(C)(C)C)CC3)nc1. The van der Waals surface area contributed by atoms with Gasteiger partial charge in [0.15, 0.2) is 0 Å². The molecule has 6 nitrogen and oxygen atoms in total. The summed E-state index contributed by atoms with van der Waals surface area (Å²) in [6, 6.07) is 7.49. The number of ether oxygens (including phenoxy) is 2. The van der Waals surface area contributed by atoms with E-state index in [1.807, 2.05) is 39.0 Å². The fourth-order valence-electron chi connectivity index (χ4n) is 3.32. The summed E-state index contributed by atoms with van der Waals surface area (Å²) in [7, 11) is 1.35. The van der Waals surface area contributed by atoms with Gasteiger partial charge in [0.1, 0.15) is 5.60 Å². The number of benzene rings is 1. The normalized spacial score (nSPS) is 13.9. The van der Waals surface area contributed by atoms with Gasteiger partial charge in [-0.3, -0.25) is 4.98 Å². The van der Waals surface area contributed by atoms with Gasteiger partial charge in [-0.2, -0.15) is 0 Å².